The second kappa shape index (κ2) is 11.2. The van der Waals surface area contributed by atoms with Gasteiger partial charge in [0, 0.05) is 55.4 Å². The van der Waals surface area contributed by atoms with E-state index in [1.807, 2.05) is 12.1 Å². The lowest BCUT2D eigenvalue weighted by molar-refractivity contribution is -0.128. The molecule has 2 fully saturated rings. The van der Waals surface area contributed by atoms with Crippen LogP contribution in [0.25, 0.3) is 10.8 Å². The predicted octanol–water partition coefficient (Wildman–Crippen LogP) is 4.45. The molecule has 210 valence electrons. The Bertz CT molecular complexity index is 1440. The second-order valence-electron chi connectivity index (χ2n) is 10.8. The molecule has 2 aromatic carbocycles. The van der Waals surface area contributed by atoms with Crippen LogP contribution in [0.5, 0.6) is 6.01 Å². The molecule has 40 heavy (non-hydrogen) atoms. The molecule has 0 bridgehead atoms. The van der Waals surface area contributed by atoms with Gasteiger partial charge in [0.25, 0.3) is 5.91 Å². The summed E-state index contributed by atoms with van der Waals surface area (Å²) in [5.41, 5.74) is 3.12. The van der Waals surface area contributed by atoms with Gasteiger partial charge in [0.15, 0.2) is 5.83 Å². The van der Waals surface area contributed by atoms with Crippen LogP contribution < -0.4 is 14.5 Å². The topological polar surface area (TPSA) is 65.0 Å². The van der Waals surface area contributed by atoms with Gasteiger partial charge < -0.3 is 24.3 Å². The number of ether oxygens (including phenoxy) is 1. The summed E-state index contributed by atoms with van der Waals surface area (Å²) in [5.74, 6) is -0.714. The van der Waals surface area contributed by atoms with Crippen molar-refractivity contribution in [3.8, 4) is 6.01 Å². The normalized spacial score (nSPS) is 19.7. The first-order valence-electron chi connectivity index (χ1n) is 13.9. The van der Waals surface area contributed by atoms with Gasteiger partial charge in [-0.1, -0.05) is 42.4 Å². The summed E-state index contributed by atoms with van der Waals surface area (Å²) in [4.78, 5) is 30.3. The third-order valence-corrected chi connectivity index (χ3v) is 8.69. The van der Waals surface area contributed by atoms with Crippen molar-refractivity contribution in [2.24, 2.45) is 0 Å². The van der Waals surface area contributed by atoms with Crippen LogP contribution in [0.2, 0.25) is 5.02 Å². The van der Waals surface area contributed by atoms with Gasteiger partial charge in [0.05, 0.1) is 17.3 Å². The van der Waals surface area contributed by atoms with Gasteiger partial charge in [-0.15, -0.1) is 0 Å². The van der Waals surface area contributed by atoms with E-state index in [0.717, 1.165) is 70.9 Å². The van der Waals surface area contributed by atoms with E-state index in [1.54, 1.807) is 0 Å². The highest BCUT2D eigenvalue weighted by atomic mass is 35.5. The van der Waals surface area contributed by atoms with E-state index >= 15 is 0 Å². The molecule has 0 unspecified atom stereocenters. The summed E-state index contributed by atoms with van der Waals surface area (Å²) in [7, 11) is 2.13. The first kappa shape index (κ1) is 26.8. The number of hydrogen-bond donors (Lipinski definition) is 0. The highest BCUT2D eigenvalue weighted by Crippen LogP contribution is 2.37. The van der Waals surface area contributed by atoms with Crippen LogP contribution in [-0.4, -0.2) is 84.6 Å². The van der Waals surface area contributed by atoms with Crippen molar-refractivity contribution in [2.45, 2.75) is 31.8 Å². The second-order valence-corrected chi connectivity index (χ2v) is 11.2. The fourth-order valence-electron chi connectivity index (χ4n) is 6.11. The Balaban J connectivity index is 1.30. The standard InChI is InChI=1S/C30H34ClFN6O2/c1-20(32)29(39)37-16-14-36(15-17-37)28-23-11-13-38(26-10-4-7-21-6-3-9-24(31)27(21)26)18-25(23)33-30(34-28)40-19-22-8-5-12-35(22)2/h3-4,6-7,9-10,22H,1,5,8,11-19H2,2H3/t22-/m0/s1. The van der Waals surface area contributed by atoms with Crippen molar-refractivity contribution in [3.63, 3.8) is 0 Å². The minimum atomic E-state index is -0.922. The molecule has 2 saturated heterocycles. The van der Waals surface area contributed by atoms with E-state index < -0.39 is 11.7 Å². The first-order chi connectivity index (χ1) is 19.4. The number of hydrogen-bond acceptors (Lipinski definition) is 7. The van der Waals surface area contributed by atoms with Crippen LogP contribution in [0.4, 0.5) is 15.9 Å². The van der Waals surface area contributed by atoms with Gasteiger partial charge in [-0.2, -0.15) is 9.97 Å². The van der Waals surface area contributed by atoms with E-state index in [9.17, 15) is 9.18 Å². The van der Waals surface area contributed by atoms with Crippen molar-refractivity contribution in [3.05, 3.63) is 65.1 Å². The van der Waals surface area contributed by atoms with Crippen LogP contribution in [0.3, 0.4) is 0 Å². The molecule has 3 aliphatic rings. The summed E-state index contributed by atoms with van der Waals surface area (Å²) in [6, 6.07) is 13.0. The van der Waals surface area contributed by atoms with Crippen molar-refractivity contribution >= 4 is 39.8 Å². The number of likely N-dealkylation sites (tertiary alicyclic amines) is 1. The van der Waals surface area contributed by atoms with Crippen LogP contribution in [0, 0.1) is 0 Å². The molecule has 0 radical (unpaired) electrons. The number of fused-ring (bicyclic) bond motifs is 2. The lowest BCUT2D eigenvalue weighted by atomic mass is 10.0. The molecule has 0 N–H and O–H groups in total. The molecule has 0 spiro atoms. The first-order valence-corrected chi connectivity index (χ1v) is 14.3. The molecule has 1 aromatic heterocycles. The molecule has 1 atom stereocenters. The van der Waals surface area contributed by atoms with Crippen LogP contribution in [0.15, 0.2) is 48.8 Å². The van der Waals surface area contributed by atoms with E-state index in [0.29, 0.717) is 51.4 Å². The molecule has 4 heterocycles. The van der Waals surface area contributed by atoms with Crippen LogP contribution >= 0.6 is 11.6 Å². The van der Waals surface area contributed by atoms with Gasteiger partial charge in [0.1, 0.15) is 12.4 Å². The Kier molecular flexibility index (Phi) is 7.51. The SMILES string of the molecule is C=C(F)C(=O)N1CCN(c2nc(OC[C@@H]3CCCN3C)nc3c2CCN(c2cccc4cccc(Cl)c24)C3)CC1. The monoisotopic (exact) mass is 564 g/mol. The quantitative estimate of drug-likeness (QED) is 0.410. The third-order valence-electron chi connectivity index (χ3n) is 8.37. The van der Waals surface area contributed by atoms with Gasteiger partial charge in [-0.05, 0) is 50.4 Å². The zero-order valence-electron chi connectivity index (χ0n) is 22.8. The van der Waals surface area contributed by atoms with Crippen LogP contribution in [-0.2, 0) is 17.8 Å². The number of rotatable bonds is 6. The Hall–Kier alpha value is -3.43. The van der Waals surface area contributed by atoms with Gasteiger partial charge in [0.2, 0.25) is 0 Å². The van der Waals surface area contributed by atoms with Crippen molar-refractivity contribution in [2.75, 3.05) is 62.7 Å². The number of amides is 1. The lowest BCUT2D eigenvalue weighted by Gasteiger charge is -2.38. The molecule has 1 amide bonds. The zero-order valence-corrected chi connectivity index (χ0v) is 23.5. The molecule has 8 nitrogen and oxygen atoms in total. The van der Waals surface area contributed by atoms with Crippen molar-refractivity contribution in [1.29, 1.82) is 0 Å². The smallest absolute Gasteiger partial charge is 0.318 e. The largest absolute Gasteiger partial charge is 0.462 e. The molecular formula is C30H34ClFN6O2. The molecular weight excluding hydrogens is 531 g/mol. The Morgan fingerprint density at radius 1 is 1.07 bits per heavy atom. The average molecular weight is 565 g/mol. The number of benzene rings is 2. The number of carbonyl (C=O) groups is 1. The van der Waals surface area contributed by atoms with E-state index in [2.05, 4.69) is 52.6 Å². The number of likely N-dealkylation sites (N-methyl/N-ethyl adjacent to an activating group) is 1. The Morgan fingerprint density at radius 2 is 1.85 bits per heavy atom. The van der Waals surface area contributed by atoms with Gasteiger partial charge in [-0.25, -0.2) is 4.39 Å². The number of carbonyl (C=O) groups excluding carboxylic acids is 1. The minimum Gasteiger partial charge on any atom is -0.462 e. The highest BCUT2D eigenvalue weighted by Gasteiger charge is 2.30. The number of anilines is 2. The number of nitrogens with zero attached hydrogens (tertiary/aromatic N) is 6. The summed E-state index contributed by atoms with van der Waals surface area (Å²) >= 11 is 6.66. The zero-order chi connectivity index (χ0) is 27.8. The minimum absolute atomic E-state index is 0.348. The van der Waals surface area contributed by atoms with Crippen molar-refractivity contribution < 1.29 is 13.9 Å². The molecule has 0 aliphatic carbocycles. The lowest BCUT2D eigenvalue weighted by Crippen LogP contribution is -2.49. The average Bonchev–Trinajstić information content (AvgIpc) is 3.39. The summed E-state index contributed by atoms with van der Waals surface area (Å²) in [5, 5.41) is 2.88. The molecule has 0 saturated carbocycles. The molecule has 3 aromatic rings. The fourth-order valence-corrected chi connectivity index (χ4v) is 6.39. The fraction of sp³-hybridized carbons (Fsp3) is 0.433. The third kappa shape index (κ3) is 5.20. The number of aromatic nitrogens is 2. The van der Waals surface area contributed by atoms with Crippen LogP contribution in [0.1, 0.15) is 24.1 Å². The number of halogens is 2. The Morgan fingerprint density at radius 3 is 2.58 bits per heavy atom. The molecule has 3 aliphatic heterocycles. The van der Waals surface area contributed by atoms with Gasteiger partial charge in [-0.3, -0.25) is 4.79 Å². The Labute approximate surface area is 239 Å². The summed E-state index contributed by atoms with van der Waals surface area (Å²) in [6.45, 7) is 8.09. The maximum Gasteiger partial charge on any atom is 0.318 e. The highest BCUT2D eigenvalue weighted by molar-refractivity contribution is 6.36. The van der Waals surface area contributed by atoms with E-state index in [4.69, 9.17) is 26.3 Å². The van der Waals surface area contributed by atoms with E-state index in [-0.39, 0.29) is 0 Å². The molecule has 6 rings (SSSR count). The summed E-state index contributed by atoms with van der Waals surface area (Å²) in [6.07, 6.45) is 3.02. The maximum absolute atomic E-state index is 13.5. The predicted molar refractivity (Wildman–Crippen MR) is 156 cm³/mol. The number of piperazine rings is 1. The van der Waals surface area contributed by atoms with Gasteiger partial charge >= 0.3 is 6.01 Å². The van der Waals surface area contributed by atoms with E-state index in [1.165, 1.54) is 4.90 Å². The maximum atomic E-state index is 13.5. The van der Waals surface area contributed by atoms with Crippen molar-refractivity contribution in [1.82, 2.24) is 19.8 Å². The summed E-state index contributed by atoms with van der Waals surface area (Å²) < 4.78 is 19.7. The molecule has 10 heteroatoms.